The molecule has 0 aliphatic heterocycles. The Bertz CT molecular complexity index is 842. The summed E-state index contributed by atoms with van der Waals surface area (Å²) in [5.41, 5.74) is 1.80. The van der Waals surface area contributed by atoms with E-state index in [-0.39, 0.29) is 17.5 Å². The second kappa shape index (κ2) is 7.36. The van der Waals surface area contributed by atoms with Gasteiger partial charge in [-0.05, 0) is 109 Å². The number of allylic oxidation sites excluding steroid dienone is 2. The zero-order chi connectivity index (χ0) is 24.0. The summed E-state index contributed by atoms with van der Waals surface area (Å²) in [6.45, 7) is 19.6. The van der Waals surface area contributed by atoms with E-state index in [1.165, 1.54) is 51.4 Å². The molecular weight excluding hydrogens is 404 g/mol. The predicted molar refractivity (Wildman–Crippen MR) is 136 cm³/mol. The Morgan fingerprint density at radius 2 is 1.58 bits per heavy atom. The molecule has 2 heteroatoms. The van der Waals surface area contributed by atoms with Gasteiger partial charge < -0.3 is 4.74 Å². The number of carbonyl (C=O) groups is 1. The summed E-state index contributed by atoms with van der Waals surface area (Å²) in [6, 6.07) is 0. The molecule has 0 aromatic heterocycles. The Morgan fingerprint density at radius 1 is 0.848 bits per heavy atom. The summed E-state index contributed by atoms with van der Waals surface area (Å²) in [5.74, 6) is 3.77. The standard InChI is InChI=1S/C31H50O2/c1-20-10-9-15-28(5)18-19-30(7)22(26(20)28)11-12-24-29(6)16-14-25(33-21(2)32)27(3,4)23(29)13-17-31(24,30)8/h9-10,20,22-26H,11-19H2,1-8H3/t20-,22-,23+,24+,25+,26-,28-,29+,30-,31-/m1/s1. The highest BCUT2D eigenvalue weighted by Crippen LogP contribution is 2.76. The van der Waals surface area contributed by atoms with Crippen LogP contribution < -0.4 is 0 Å². The summed E-state index contributed by atoms with van der Waals surface area (Å²) in [5, 5.41) is 0. The molecule has 0 radical (unpaired) electrons. The van der Waals surface area contributed by atoms with Crippen molar-refractivity contribution < 1.29 is 9.53 Å². The maximum Gasteiger partial charge on any atom is 0.302 e. The van der Waals surface area contributed by atoms with Crippen LogP contribution in [-0.4, -0.2) is 12.1 Å². The van der Waals surface area contributed by atoms with Gasteiger partial charge in [-0.1, -0.05) is 60.6 Å². The van der Waals surface area contributed by atoms with Crippen molar-refractivity contribution in [3.05, 3.63) is 12.2 Å². The van der Waals surface area contributed by atoms with Crippen LogP contribution in [0.4, 0.5) is 0 Å². The van der Waals surface area contributed by atoms with Gasteiger partial charge in [0.05, 0.1) is 0 Å². The molecule has 2 nitrogen and oxygen atoms in total. The van der Waals surface area contributed by atoms with Crippen LogP contribution in [0.15, 0.2) is 12.2 Å². The summed E-state index contributed by atoms with van der Waals surface area (Å²) >= 11 is 0. The topological polar surface area (TPSA) is 26.3 Å². The molecule has 0 saturated heterocycles. The van der Waals surface area contributed by atoms with Gasteiger partial charge >= 0.3 is 5.97 Å². The van der Waals surface area contributed by atoms with E-state index in [0.29, 0.717) is 27.6 Å². The van der Waals surface area contributed by atoms with Crippen molar-refractivity contribution in [1.29, 1.82) is 0 Å². The monoisotopic (exact) mass is 454 g/mol. The number of esters is 1. The van der Waals surface area contributed by atoms with Crippen molar-refractivity contribution in [2.24, 2.45) is 56.7 Å². The van der Waals surface area contributed by atoms with E-state index in [4.69, 9.17) is 4.74 Å². The Kier molecular flexibility index (Phi) is 5.34. The third-order valence-corrected chi connectivity index (χ3v) is 13.2. The first-order chi connectivity index (χ1) is 15.3. The molecule has 0 bridgehead atoms. The fourth-order valence-electron chi connectivity index (χ4n) is 11.5. The first-order valence-electron chi connectivity index (χ1n) is 14.1. The average molecular weight is 455 g/mol. The number of hydrogen-bond donors (Lipinski definition) is 0. The van der Waals surface area contributed by atoms with Crippen LogP contribution in [-0.2, 0) is 9.53 Å². The lowest BCUT2D eigenvalue weighted by molar-refractivity contribution is -0.252. The molecule has 0 aromatic carbocycles. The van der Waals surface area contributed by atoms with Gasteiger partial charge in [-0.3, -0.25) is 4.79 Å². The predicted octanol–water partition coefficient (Wildman–Crippen LogP) is 8.21. The molecule has 186 valence electrons. The lowest BCUT2D eigenvalue weighted by Gasteiger charge is -2.73. The van der Waals surface area contributed by atoms with Crippen molar-refractivity contribution in [3.63, 3.8) is 0 Å². The number of fused-ring (bicyclic) bond motifs is 7. The van der Waals surface area contributed by atoms with Crippen LogP contribution in [0, 0.1) is 56.7 Å². The number of ether oxygens (including phenoxy) is 1. The second-order valence-corrected chi connectivity index (χ2v) is 14.8. The molecular formula is C31H50O2. The van der Waals surface area contributed by atoms with Gasteiger partial charge in [0, 0.05) is 12.3 Å². The van der Waals surface area contributed by atoms with Gasteiger partial charge in [0.2, 0.25) is 0 Å². The molecule has 0 amide bonds. The number of carbonyl (C=O) groups excluding carboxylic acids is 1. The third kappa shape index (κ3) is 3.07. The van der Waals surface area contributed by atoms with Crippen molar-refractivity contribution in [1.82, 2.24) is 0 Å². The van der Waals surface area contributed by atoms with E-state index >= 15 is 0 Å². The van der Waals surface area contributed by atoms with Gasteiger partial charge in [-0.25, -0.2) is 0 Å². The summed E-state index contributed by atoms with van der Waals surface area (Å²) in [7, 11) is 0. The highest BCUT2D eigenvalue weighted by Gasteiger charge is 2.69. The van der Waals surface area contributed by atoms with Crippen molar-refractivity contribution in [3.8, 4) is 0 Å². The van der Waals surface area contributed by atoms with Gasteiger partial charge in [0.25, 0.3) is 0 Å². The van der Waals surface area contributed by atoms with Crippen LogP contribution in [0.25, 0.3) is 0 Å². The van der Waals surface area contributed by atoms with Crippen molar-refractivity contribution >= 4 is 5.97 Å². The highest BCUT2D eigenvalue weighted by molar-refractivity contribution is 5.66. The van der Waals surface area contributed by atoms with Crippen molar-refractivity contribution in [2.75, 3.05) is 0 Å². The minimum Gasteiger partial charge on any atom is -0.462 e. The van der Waals surface area contributed by atoms with E-state index in [9.17, 15) is 4.79 Å². The van der Waals surface area contributed by atoms with E-state index in [1.54, 1.807) is 6.92 Å². The Morgan fingerprint density at radius 3 is 2.27 bits per heavy atom. The van der Waals surface area contributed by atoms with Crippen LogP contribution in [0.2, 0.25) is 0 Å². The quantitative estimate of drug-likeness (QED) is 0.295. The maximum absolute atomic E-state index is 11.9. The van der Waals surface area contributed by atoms with Crippen LogP contribution in [0.5, 0.6) is 0 Å². The minimum atomic E-state index is -0.105. The molecule has 0 heterocycles. The smallest absolute Gasteiger partial charge is 0.302 e. The van der Waals surface area contributed by atoms with E-state index < -0.39 is 0 Å². The van der Waals surface area contributed by atoms with Gasteiger partial charge in [0.15, 0.2) is 0 Å². The van der Waals surface area contributed by atoms with Crippen LogP contribution >= 0.6 is 0 Å². The summed E-state index contributed by atoms with van der Waals surface area (Å²) in [6.07, 6.45) is 17.0. The summed E-state index contributed by atoms with van der Waals surface area (Å²) < 4.78 is 5.90. The summed E-state index contributed by atoms with van der Waals surface area (Å²) in [4.78, 5) is 11.9. The normalized spacial score (nSPS) is 54.9. The molecule has 5 aliphatic carbocycles. The molecule has 0 spiro atoms. The molecule has 0 unspecified atom stereocenters. The fourth-order valence-corrected chi connectivity index (χ4v) is 11.5. The minimum absolute atomic E-state index is 0.0611. The molecule has 5 aliphatic rings. The lowest BCUT2D eigenvalue weighted by Crippen LogP contribution is -2.67. The van der Waals surface area contributed by atoms with Crippen molar-refractivity contribution in [2.45, 2.75) is 119 Å². The molecule has 0 aromatic rings. The lowest BCUT2D eigenvalue weighted by atomic mass is 9.31. The zero-order valence-electron chi connectivity index (χ0n) is 22.8. The zero-order valence-corrected chi connectivity index (χ0v) is 22.8. The molecule has 33 heavy (non-hydrogen) atoms. The average Bonchev–Trinajstić information content (AvgIpc) is 2.71. The van der Waals surface area contributed by atoms with E-state index in [1.807, 2.05) is 0 Å². The molecule has 10 atom stereocenters. The van der Waals surface area contributed by atoms with Gasteiger partial charge in [-0.15, -0.1) is 0 Å². The van der Waals surface area contributed by atoms with Crippen LogP contribution in [0.1, 0.15) is 113 Å². The molecule has 0 N–H and O–H groups in total. The first kappa shape index (κ1) is 23.9. The molecule has 4 saturated carbocycles. The Hall–Kier alpha value is -0.790. The van der Waals surface area contributed by atoms with Crippen LogP contribution in [0.3, 0.4) is 0 Å². The SMILES string of the molecule is CC(=O)O[C@H]1CC[C@@]2(C)[C@@H](CC[C@]3(C)[C@H]2CC[C@@H]2[C@H]4[C@H](C)C=CC[C@]4(C)CC[C@]23C)C1(C)C. The number of hydrogen-bond acceptors (Lipinski definition) is 2. The largest absolute Gasteiger partial charge is 0.462 e. The van der Waals surface area contributed by atoms with Gasteiger partial charge in [-0.2, -0.15) is 0 Å². The third-order valence-electron chi connectivity index (χ3n) is 13.2. The second-order valence-electron chi connectivity index (χ2n) is 14.8. The number of rotatable bonds is 1. The highest BCUT2D eigenvalue weighted by atomic mass is 16.5. The maximum atomic E-state index is 11.9. The fraction of sp³-hybridized carbons (Fsp3) is 0.903. The Labute approximate surface area is 203 Å². The Balaban J connectivity index is 1.50. The molecule has 5 rings (SSSR count). The van der Waals surface area contributed by atoms with E-state index in [0.717, 1.165) is 30.1 Å². The first-order valence-corrected chi connectivity index (χ1v) is 14.1. The van der Waals surface area contributed by atoms with E-state index in [2.05, 4.69) is 60.6 Å². The molecule has 4 fully saturated rings. The van der Waals surface area contributed by atoms with Gasteiger partial charge in [0.1, 0.15) is 6.10 Å².